The van der Waals surface area contributed by atoms with Gasteiger partial charge in [-0.25, -0.2) is 0 Å². The first-order valence-electron chi connectivity index (χ1n) is 7.11. The molecule has 0 saturated carbocycles. The van der Waals surface area contributed by atoms with Crippen LogP contribution in [0.15, 0.2) is 24.3 Å². The van der Waals surface area contributed by atoms with E-state index in [0.717, 1.165) is 25.9 Å². The monoisotopic (exact) mass is 240 g/mol. The molecule has 1 heterocycles. The molecule has 1 aliphatic carbocycles. The van der Waals surface area contributed by atoms with E-state index < -0.39 is 0 Å². The summed E-state index contributed by atoms with van der Waals surface area (Å²) in [6.07, 6.45) is 7.00. The van der Waals surface area contributed by atoms with Crippen LogP contribution in [0.1, 0.15) is 43.2 Å². The van der Waals surface area contributed by atoms with Gasteiger partial charge in [-0.05, 0) is 49.7 Å². The molecule has 2 nitrogen and oxygen atoms in total. The van der Waals surface area contributed by atoms with E-state index in [-0.39, 0.29) is 5.54 Å². The van der Waals surface area contributed by atoms with Crippen molar-refractivity contribution in [3.8, 4) is 6.07 Å². The normalized spacial score (nSPS) is 28.4. The molecule has 0 radical (unpaired) electrons. The zero-order valence-corrected chi connectivity index (χ0v) is 10.9. The summed E-state index contributed by atoms with van der Waals surface area (Å²) in [5.74, 6) is 0. The van der Waals surface area contributed by atoms with Gasteiger partial charge in [-0.1, -0.05) is 24.3 Å². The smallest absolute Gasteiger partial charge is 0.135 e. The first-order valence-corrected chi connectivity index (χ1v) is 7.11. The van der Waals surface area contributed by atoms with E-state index in [4.69, 9.17) is 0 Å². The molecule has 94 valence electrons. The molecule has 2 heteroatoms. The lowest BCUT2D eigenvalue weighted by Crippen LogP contribution is -2.43. The van der Waals surface area contributed by atoms with Crippen molar-refractivity contribution in [1.29, 1.82) is 5.26 Å². The zero-order valence-electron chi connectivity index (χ0n) is 10.9. The Morgan fingerprint density at radius 2 is 1.83 bits per heavy atom. The van der Waals surface area contributed by atoms with Crippen LogP contribution in [-0.2, 0) is 12.0 Å². The Kier molecular flexibility index (Phi) is 3.09. The Labute approximate surface area is 109 Å². The predicted molar refractivity (Wildman–Crippen MR) is 72.1 cm³/mol. The van der Waals surface area contributed by atoms with Gasteiger partial charge in [-0.3, -0.25) is 4.90 Å². The summed E-state index contributed by atoms with van der Waals surface area (Å²) >= 11 is 0. The molecule has 2 aliphatic rings. The number of aryl methyl sites for hydroxylation is 1. The third-order valence-electron chi connectivity index (χ3n) is 4.53. The number of likely N-dealkylation sites (tertiary alicyclic amines) is 1. The highest BCUT2D eigenvalue weighted by atomic mass is 15.2. The zero-order chi connectivity index (χ0) is 12.4. The summed E-state index contributed by atoms with van der Waals surface area (Å²) in [4.78, 5) is 2.43. The number of hydrogen-bond donors (Lipinski definition) is 0. The van der Waals surface area contributed by atoms with Crippen molar-refractivity contribution in [2.75, 3.05) is 13.1 Å². The van der Waals surface area contributed by atoms with Crippen molar-refractivity contribution in [2.45, 2.75) is 44.1 Å². The molecule has 18 heavy (non-hydrogen) atoms. The Hall–Kier alpha value is -1.33. The van der Waals surface area contributed by atoms with Gasteiger partial charge < -0.3 is 0 Å². The second kappa shape index (κ2) is 4.74. The van der Waals surface area contributed by atoms with Gasteiger partial charge >= 0.3 is 0 Å². The number of nitriles is 1. The maximum atomic E-state index is 9.88. The van der Waals surface area contributed by atoms with E-state index >= 15 is 0 Å². The molecule has 0 N–H and O–H groups in total. The molecular weight excluding hydrogens is 220 g/mol. The average molecular weight is 240 g/mol. The van der Waals surface area contributed by atoms with Crippen molar-refractivity contribution in [2.24, 2.45) is 0 Å². The van der Waals surface area contributed by atoms with Crippen LogP contribution in [0.4, 0.5) is 0 Å². The number of rotatable bonds is 1. The number of fused-ring (bicyclic) bond motifs is 1. The molecule has 1 fully saturated rings. The van der Waals surface area contributed by atoms with Gasteiger partial charge in [0, 0.05) is 13.1 Å². The molecule has 0 bridgehead atoms. The fourth-order valence-electron chi connectivity index (χ4n) is 3.59. The first kappa shape index (κ1) is 11.7. The summed E-state index contributed by atoms with van der Waals surface area (Å²) in [6, 6.07) is 11.3. The van der Waals surface area contributed by atoms with Crippen LogP contribution in [0.3, 0.4) is 0 Å². The van der Waals surface area contributed by atoms with Crippen LogP contribution in [0.2, 0.25) is 0 Å². The number of nitrogens with zero attached hydrogens (tertiary/aromatic N) is 2. The fourth-order valence-corrected chi connectivity index (χ4v) is 3.59. The van der Waals surface area contributed by atoms with Crippen LogP contribution in [0.25, 0.3) is 0 Å². The van der Waals surface area contributed by atoms with Gasteiger partial charge in [0.15, 0.2) is 0 Å². The van der Waals surface area contributed by atoms with Crippen molar-refractivity contribution in [3.05, 3.63) is 35.4 Å². The van der Waals surface area contributed by atoms with E-state index in [0.29, 0.717) is 0 Å². The quantitative estimate of drug-likeness (QED) is 0.705. The van der Waals surface area contributed by atoms with Crippen LogP contribution in [0.5, 0.6) is 0 Å². The molecule has 0 spiro atoms. The van der Waals surface area contributed by atoms with Gasteiger partial charge in [0.05, 0.1) is 6.07 Å². The van der Waals surface area contributed by atoms with Gasteiger partial charge in [-0.15, -0.1) is 0 Å². The lowest BCUT2D eigenvalue weighted by atomic mass is 9.84. The molecular formula is C16H20N2. The second-order valence-corrected chi connectivity index (χ2v) is 5.53. The van der Waals surface area contributed by atoms with E-state index in [2.05, 4.69) is 35.2 Å². The van der Waals surface area contributed by atoms with Gasteiger partial charge in [-0.2, -0.15) is 5.26 Å². The van der Waals surface area contributed by atoms with Crippen molar-refractivity contribution in [3.63, 3.8) is 0 Å². The molecule has 1 aliphatic heterocycles. The standard InChI is InChI=1S/C16H20N2/c17-13-16(18-11-5-6-12-18)10-4-3-8-14-7-1-2-9-15(14)16/h1-2,7,9H,3-6,8,10-12H2. The SMILES string of the molecule is N#CC1(N2CCCC2)CCCCc2ccccc21. The minimum atomic E-state index is -0.344. The Morgan fingerprint density at radius 3 is 2.61 bits per heavy atom. The highest BCUT2D eigenvalue weighted by Crippen LogP contribution is 2.40. The van der Waals surface area contributed by atoms with Crippen molar-refractivity contribution >= 4 is 0 Å². The topological polar surface area (TPSA) is 27.0 Å². The predicted octanol–water partition coefficient (Wildman–Crippen LogP) is 3.23. The maximum absolute atomic E-state index is 9.88. The first-order chi connectivity index (χ1) is 8.87. The maximum Gasteiger partial charge on any atom is 0.135 e. The van der Waals surface area contributed by atoms with Gasteiger partial charge in [0.1, 0.15) is 5.54 Å². The molecule has 1 unspecified atom stereocenters. The number of benzene rings is 1. The van der Waals surface area contributed by atoms with Crippen LogP contribution in [0, 0.1) is 11.3 Å². The number of hydrogen-bond acceptors (Lipinski definition) is 2. The highest BCUT2D eigenvalue weighted by molar-refractivity contribution is 5.40. The summed E-state index contributed by atoms with van der Waals surface area (Å²) in [6.45, 7) is 2.17. The van der Waals surface area contributed by atoms with Crippen molar-refractivity contribution in [1.82, 2.24) is 4.90 Å². The largest absolute Gasteiger partial charge is 0.282 e. The highest BCUT2D eigenvalue weighted by Gasteiger charge is 2.41. The molecule has 3 rings (SSSR count). The van der Waals surface area contributed by atoms with Gasteiger partial charge in [0.2, 0.25) is 0 Å². The van der Waals surface area contributed by atoms with Crippen LogP contribution in [-0.4, -0.2) is 18.0 Å². The molecule has 1 saturated heterocycles. The molecule has 1 aromatic carbocycles. The molecule has 1 atom stereocenters. The minimum absolute atomic E-state index is 0.344. The Bertz CT molecular complexity index is 468. The third kappa shape index (κ3) is 1.74. The van der Waals surface area contributed by atoms with E-state index in [1.165, 1.54) is 36.8 Å². The van der Waals surface area contributed by atoms with E-state index in [9.17, 15) is 5.26 Å². The average Bonchev–Trinajstić information content (AvgIpc) is 2.88. The molecule has 1 aromatic rings. The second-order valence-electron chi connectivity index (χ2n) is 5.53. The molecule has 0 aromatic heterocycles. The lowest BCUT2D eigenvalue weighted by molar-refractivity contribution is 0.161. The molecule has 0 amide bonds. The third-order valence-corrected chi connectivity index (χ3v) is 4.53. The summed E-state index contributed by atoms with van der Waals surface area (Å²) in [5, 5.41) is 9.88. The summed E-state index contributed by atoms with van der Waals surface area (Å²) in [5.41, 5.74) is 2.33. The fraction of sp³-hybridized carbons (Fsp3) is 0.562. The van der Waals surface area contributed by atoms with Crippen molar-refractivity contribution < 1.29 is 0 Å². The summed E-state index contributed by atoms with van der Waals surface area (Å²) in [7, 11) is 0. The minimum Gasteiger partial charge on any atom is -0.282 e. The van der Waals surface area contributed by atoms with Gasteiger partial charge in [0.25, 0.3) is 0 Å². The Balaban J connectivity index is 2.10. The van der Waals surface area contributed by atoms with Crippen LogP contribution >= 0.6 is 0 Å². The van der Waals surface area contributed by atoms with E-state index in [1.807, 2.05) is 0 Å². The Morgan fingerprint density at radius 1 is 1.06 bits per heavy atom. The summed E-state index contributed by atoms with van der Waals surface area (Å²) < 4.78 is 0. The van der Waals surface area contributed by atoms with Crippen LogP contribution < -0.4 is 0 Å². The lowest BCUT2D eigenvalue weighted by Gasteiger charge is -2.36. The van der Waals surface area contributed by atoms with E-state index in [1.54, 1.807) is 0 Å².